The Bertz CT molecular complexity index is 418. The average Bonchev–Trinajstić information content (AvgIpc) is 2.70. The number of amides is 1. The normalized spacial score (nSPS) is 24.7. The second-order valence-electron chi connectivity index (χ2n) is 5.97. The van der Waals surface area contributed by atoms with E-state index < -0.39 is 0 Å². The lowest BCUT2D eigenvalue weighted by Crippen LogP contribution is -2.42. The predicted octanol–water partition coefficient (Wildman–Crippen LogP) is 2.81. The van der Waals surface area contributed by atoms with Crippen LogP contribution in [0.15, 0.2) is 30.3 Å². The minimum atomic E-state index is 0.000438. The first kappa shape index (κ1) is 15.0. The molecule has 1 aromatic rings. The number of nitrogens with two attached hydrogens (primary N) is 1. The van der Waals surface area contributed by atoms with E-state index in [0.29, 0.717) is 12.5 Å². The number of hydrogen-bond acceptors (Lipinski definition) is 2. The summed E-state index contributed by atoms with van der Waals surface area (Å²) in [5.41, 5.74) is 7.40. The summed E-state index contributed by atoms with van der Waals surface area (Å²) < 4.78 is 0. The van der Waals surface area contributed by atoms with E-state index in [1.807, 2.05) is 18.2 Å². The maximum Gasteiger partial charge on any atom is 0.224 e. The van der Waals surface area contributed by atoms with Crippen molar-refractivity contribution >= 4 is 5.91 Å². The maximum atomic E-state index is 12.3. The van der Waals surface area contributed by atoms with Crippen LogP contribution in [0.25, 0.3) is 0 Å². The molecule has 0 bridgehead atoms. The molecule has 20 heavy (non-hydrogen) atoms. The van der Waals surface area contributed by atoms with Crippen molar-refractivity contribution in [1.29, 1.82) is 0 Å². The SMILES string of the molecule is CC(CNC(=O)C1CCCCCC1N)c1ccccc1. The quantitative estimate of drug-likeness (QED) is 0.830. The van der Waals surface area contributed by atoms with E-state index in [9.17, 15) is 4.79 Å². The van der Waals surface area contributed by atoms with Gasteiger partial charge < -0.3 is 11.1 Å². The molecule has 3 N–H and O–H groups in total. The molecular formula is C17H26N2O. The topological polar surface area (TPSA) is 55.1 Å². The van der Waals surface area contributed by atoms with E-state index >= 15 is 0 Å². The molecule has 110 valence electrons. The van der Waals surface area contributed by atoms with E-state index in [2.05, 4.69) is 24.4 Å². The second kappa shape index (κ2) is 7.44. The molecule has 1 amide bonds. The zero-order valence-electron chi connectivity index (χ0n) is 12.3. The highest BCUT2D eigenvalue weighted by Gasteiger charge is 2.26. The zero-order chi connectivity index (χ0) is 14.4. The number of nitrogens with one attached hydrogen (secondary N) is 1. The summed E-state index contributed by atoms with van der Waals surface area (Å²) in [5, 5.41) is 3.09. The van der Waals surface area contributed by atoms with E-state index in [1.54, 1.807) is 0 Å². The van der Waals surface area contributed by atoms with Crippen LogP contribution in [-0.2, 0) is 4.79 Å². The summed E-state index contributed by atoms with van der Waals surface area (Å²) in [5.74, 6) is 0.477. The summed E-state index contributed by atoms with van der Waals surface area (Å²) in [6.45, 7) is 2.83. The van der Waals surface area contributed by atoms with Crippen molar-refractivity contribution in [2.45, 2.75) is 51.0 Å². The van der Waals surface area contributed by atoms with Gasteiger partial charge in [0.1, 0.15) is 0 Å². The Labute approximate surface area is 121 Å². The lowest BCUT2D eigenvalue weighted by atomic mass is 9.94. The number of hydrogen-bond donors (Lipinski definition) is 2. The number of rotatable bonds is 4. The molecule has 0 aliphatic heterocycles. The van der Waals surface area contributed by atoms with Gasteiger partial charge in [-0.15, -0.1) is 0 Å². The number of carbonyl (C=O) groups is 1. The van der Waals surface area contributed by atoms with Gasteiger partial charge in [-0.05, 0) is 24.3 Å². The standard InChI is InChI=1S/C17H26N2O/c1-13(14-8-4-2-5-9-14)12-19-17(20)15-10-6-3-7-11-16(15)18/h2,4-5,8-9,13,15-16H,3,6-7,10-12,18H2,1H3,(H,19,20). The fourth-order valence-electron chi connectivity index (χ4n) is 2.95. The smallest absolute Gasteiger partial charge is 0.224 e. The molecule has 0 heterocycles. The van der Waals surface area contributed by atoms with Crippen molar-refractivity contribution < 1.29 is 4.79 Å². The Hall–Kier alpha value is -1.35. The van der Waals surface area contributed by atoms with Gasteiger partial charge in [-0.2, -0.15) is 0 Å². The van der Waals surface area contributed by atoms with Gasteiger partial charge in [0.2, 0.25) is 5.91 Å². The van der Waals surface area contributed by atoms with Crippen LogP contribution in [0.1, 0.15) is 50.5 Å². The second-order valence-corrected chi connectivity index (χ2v) is 5.97. The molecule has 3 heteroatoms. The molecule has 1 aromatic carbocycles. The van der Waals surface area contributed by atoms with Crippen molar-refractivity contribution in [3.63, 3.8) is 0 Å². The molecule has 0 aromatic heterocycles. The van der Waals surface area contributed by atoms with Crippen molar-refractivity contribution in [1.82, 2.24) is 5.32 Å². The first-order valence-electron chi connectivity index (χ1n) is 7.76. The van der Waals surface area contributed by atoms with Crippen LogP contribution in [0.4, 0.5) is 0 Å². The highest BCUT2D eigenvalue weighted by atomic mass is 16.1. The van der Waals surface area contributed by atoms with Crippen LogP contribution in [0.3, 0.4) is 0 Å². The zero-order valence-corrected chi connectivity index (χ0v) is 12.3. The first-order valence-corrected chi connectivity index (χ1v) is 7.76. The molecule has 0 saturated heterocycles. The van der Waals surface area contributed by atoms with Gasteiger partial charge in [-0.1, -0.05) is 56.5 Å². The molecular weight excluding hydrogens is 248 g/mol. The highest BCUT2D eigenvalue weighted by Crippen LogP contribution is 2.22. The van der Waals surface area contributed by atoms with Crippen molar-refractivity contribution in [3.05, 3.63) is 35.9 Å². The highest BCUT2D eigenvalue weighted by molar-refractivity contribution is 5.79. The van der Waals surface area contributed by atoms with E-state index in [0.717, 1.165) is 25.7 Å². The Balaban J connectivity index is 1.85. The fraction of sp³-hybridized carbons (Fsp3) is 0.588. The van der Waals surface area contributed by atoms with Gasteiger partial charge >= 0.3 is 0 Å². The van der Waals surface area contributed by atoms with Gasteiger partial charge in [0.25, 0.3) is 0 Å². The van der Waals surface area contributed by atoms with Crippen LogP contribution in [0.5, 0.6) is 0 Å². The minimum absolute atomic E-state index is 0.000438. The summed E-state index contributed by atoms with van der Waals surface area (Å²) in [7, 11) is 0. The van der Waals surface area contributed by atoms with Crippen molar-refractivity contribution in [3.8, 4) is 0 Å². The van der Waals surface area contributed by atoms with Crippen LogP contribution < -0.4 is 11.1 Å². The number of benzene rings is 1. The van der Waals surface area contributed by atoms with Crippen LogP contribution >= 0.6 is 0 Å². The molecule has 0 spiro atoms. The van der Waals surface area contributed by atoms with E-state index in [1.165, 1.54) is 12.0 Å². The van der Waals surface area contributed by atoms with Crippen LogP contribution in [0.2, 0.25) is 0 Å². The van der Waals surface area contributed by atoms with Crippen molar-refractivity contribution in [2.75, 3.05) is 6.54 Å². The van der Waals surface area contributed by atoms with Gasteiger partial charge in [0.15, 0.2) is 0 Å². The Morgan fingerprint density at radius 3 is 2.70 bits per heavy atom. The fourth-order valence-corrected chi connectivity index (χ4v) is 2.95. The summed E-state index contributed by atoms with van der Waals surface area (Å²) in [4.78, 5) is 12.3. The number of carbonyl (C=O) groups excluding carboxylic acids is 1. The van der Waals surface area contributed by atoms with E-state index in [4.69, 9.17) is 5.73 Å². The predicted molar refractivity (Wildman–Crippen MR) is 82.4 cm³/mol. The molecule has 1 aliphatic carbocycles. The molecule has 0 radical (unpaired) electrons. The third-order valence-corrected chi connectivity index (χ3v) is 4.36. The molecule has 1 saturated carbocycles. The maximum absolute atomic E-state index is 12.3. The lowest BCUT2D eigenvalue weighted by molar-refractivity contribution is -0.125. The van der Waals surface area contributed by atoms with Gasteiger partial charge in [0, 0.05) is 12.6 Å². The Morgan fingerprint density at radius 2 is 1.95 bits per heavy atom. The van der Waals surface area contributed by atoms with Gasteiger partial charge in [-0.3, -0.25) is 4.79 Å². The molecule has 3 unspecified atom stereocenters. The Kier molecular flexibility index (Phi) is 5.60. The van der Waals surface area contributed by atoms with Crippen molar-refractivity contribution in [2.24, 2.45) is 11.7 Å². The molecule has 1 fully saturated rings. The van der Waals surface area contributed by atoms with Crippen LogP contribution in [0, 0.1) is 5.92 Å². The average molecular weight is 274 g/mol. The van der Waals surface area contributed by atoms with Gasteiger partial charge in [-0.25, -0.2) is 0 Å². The third-order valence-electron chi connectivity index (χ3n) is 4.36. The third kappa shape index (κ3) is 4.07. The minimum Gasteiger partial charge on any atom is -0.355 e. The Morgan fingerprint density at radius 1 is 1.25 bits per heavy atom. The molecule has 3 atom stereocenters. The summed E-state index contributed by atoms with van der Waals surface area (Å²) in [6, 6.07) is 10.3. The first-order chi connectivity index (χ1) is 9.68. The monoisotopic (exact) mass is 274 g/mol. The molecule has 3 nitrogen and oxygen atoms in total. The summed E-state index contributed by atoms with van der Waals surface area (Å²) >= 11 is 0. The van der Waals surface area contributed by atoms with Crippen LogP contribution in [-0.4, -0.2) is 18.5 Å². The molecule has 2 rings (SSSR count). The largest absolute Gasteiger partial charge is 0.355 e. The van der Waals surface area contributed by atoms with Gasteiger partial charge in [0.05, 0.1) is 5.92 Å². The summed E-state index contributed by atoms with van der Waals surface area (Å²) in [6.07, 6.45) is 5.41. The lowest BCUT2D eigenvalue weighted by Gasteiger charge is -2.22. The molecule has 1 aliphatic rings. The van der Waals surface area contributed by atoms with E-state index in [-0.39, 0.29) is 17.9 Å².